The van der Waals surface area contributed by atoms with Gasteiger partial charge in [-0.05, 0) is 36.8 Å². The van der Waals surface area contributed by atoms with Gasteiger partial charge < -0.3 is 10.4 Å². The molecular formula is C14H24N2O. The molecule has 1 aromatic heterocycles. The number of hydrogen-bond donors (Lipinski definition) is 2. The normalized spacial score (nSPS) is 11.8. The number of aliphatic hydroxyl groups excluding tert-OH is 1. The number of rotatable bonds is 7. The van der Waals surface area contributed by atoms with Crippen molar-refractivity contribution in [2.75, 3.05) is 13.2 Å². The molecule has 0 aliphatic rings. The Balaban J connectivity index is 2.29. The lowest BCUT2D eigenvalue weighted by Crippen LogP contribution is -2.29. The van der Waals surface area contributed by atoms with Gasteiger partial charge in [0.05, 0.1) is 0 Å². The maximum absolute atomic E-state index is 8.83. The van der Waals surface area contributed by atoms with Gasteiger partial charge in [0.25, 0.3) is 0 Å². The van der Waals surface area contributed by atoms with Crippen LogP contribution in [0.5, 0.6) is 0 Å². The van der Waals surface area contributed by atoms with Crippen LogP contribution in [0.2, 0.25) is 0 Å². The Hall–Kier alpha value is -0.930. The van der Waals surface area contributed by atoms with Crippen molar-refractivity contribution in [3.8, 4) is 0 Å². The zero-order valence-electron chi connectivity index (χ0n) is 11.2. The van der Waals surface area contributed by atoms with Gasteiger partial charge in [0.2, 0.25) is 0 Å². The molecule has 1 heterocycles. The fraction of sp³-hybridized carbons (Fsp3) is 0.643. The molecule has 0 spiro atoms. The summed E-state index contributed by atoms with van der Waals surface area (Å²) in [5, 5.41) is 12.3. The molecule has 0 atom stereocenters. The molecule has 0 saturated carbocycles. The van der Waals surface area contributed by atoms with E-state index in [2.05, 4.69) is 30.2 Å². The topological polar surface area (TPSA) is 45.1 Å². The molecule has 3 heteroatoms. The molecule has 0 fully saturated rings. The van der Waals surface area contributed by atoms with E-state index in [1.54, 1.807) is 0 Å². The van der Waals surface area contributed by atoms with Gasteiger partial charge in [-0.15, -0.1) is 0 Å². The molecule has 0 aliphatic carbocycles. The molecule has 0 radical (unpaired) electrons. The lowest BCUT2D eigenvalue weighted by Gasteiger charge is -2.24. The van der Waals surface area contributed by atoms with E-state index in [-0.39, 0.29) is 12.0 Å². The number of hydrogen-bond acceptors (Lipinski definition) is 3. The largest absolute Gasteiger partial charge is 0.396 e. The summed E-state index contributed by atoms with van der Waals surface area (Å²) in [5.74, 6) is 0. The molecule has 96 valence electrons. The SMILES string of the molecule is Cc1ccc(CNCC(C)(C)CCCO)cn1. The third-order valence-corrected chi connectivity index (χ3v) is 2.92. The standard InChI is InChI=1S/C14H24N2O/c1-12-5-6-13(10-16-12)9-15-11-14(2,3)7-4-8-17/h5-6,10,15,17H,4,7-9,11H2,1-3H3. The highest BCUT2D eigenvalue weighted by molar-refractivity contribution is 5.12. The van der Waals surface area contributed by atoms with E-state index in [9.17, 15) is 0 Å². The van der Waals surface area contributed by atoms with Gasteiger partial charge in [0.1, 0.15) is 0 Å². The van der Waals surface area contributed by atoms with Crippen molar-refractivity contribution >= 4 is 0 Å². The Morgan fingerprint density at radius 1 is 1.35 bits per heavy atom. The zero-order valence-corrected chi connectivity index (χ0v) is 11.2. The van der Waals surface area contributed by atoms with E-state index in [4.69, 9.17) is 5.11 Å². The highest BCUT2D eigenvalue weighted by Gasteiger charge is 2.16. The summed E-state index contributed by atoms with van der Waals surface area (Å²) in [7, 11) is 0. The molecular weight excluding hydrogens is 212 g/mol. The maximum atomic E-state index is 8.83. The summed E-state index contributed by atoms with van der Waals surface area (Å²) in [5.41, 5.74) is 2.51. The van der Waals surface area contributed by atoms with E-state index in [1.165, 1.54) is 5.56 Å². The second-order valence-corrected chi connectivity index (χ2v) is 5.40. The van der Waals surface area contributed by atoms with Crippen LogP contribution in [-0.4, -0.2) is 23.2 Å². The maximum Gasteiger partial charge on any atom is 0.0431 e. The molecule has 2 N–H and O–H groups in total. The van der Waals surface area contributed by atoms with Crippen molar-refractivity contribution in [2.24, 2.45) is 5.41 Å². The number of aryl methyl sites for hydroxylation is 1. The van der Waals surface area contributed by atoms with Crippen molar-refractivity contribution in [1.82, 2.24) is 10.3 Å². The van der Waals surface area contributed by atoms with Crippen LogP contribution in [0.25, 0.3) is 0 Å². The minimum Gasteiger partial charge on any atom is -0.396 e. The first-order valence-corrected chi connectivity index (χ1v) is 6.27. The van der Waals surface area contributed by atoms with Crippen LogP contribution in [-0.2, 0) is 6.54 Å². The first-order valence-electron chi connectivity index (χ1n) is 6.27. The summed E-state index contributed by atoms with van der Waals surface area (Å²) >= 11 is 0. The second-order valence-electron chi connectivity index (χ2n) is 5.40. The van der Waals surface area contributed by atoms with Gasteiger partial charge in [0.15, 0.2) is 0 Å². The summed E-state index contributed by atoms with van der Waals surface area (Å²) in [6.07, 6.45) is 3.84. The van der Waals surface area contributed by atoms with Gasteiger partial charge in [-0.3, -0.25) is 4.98 Å². The van der Waals surface area contributed by atoms with Crippen molar-refractivity contribution < 1.29 is 5.11 Å². The van der Waals surface area contributed by atoms with Crippen molar-refractivity contribution in [3.63, 3.8) is 0 Å². The Morgan fingerprint density at radius 3 is 2.71 bits per heavy atom. The number of aromatic nitrogens is 1. The third kappa shape index (κ3) is 5.80. The quantitative estimate of drug-likeness (QED) is 0.763. The van der Waals surface area contributed by atoms with Crippen LogP contribution in [0.3, 0.4) is 0 Å². The first kappa shape index (κ1) is 14.1. The predicted octanol–water partition coefficient (Wildman–Crippen LogP) is 2.28. The van der Waals surface area contributed by atoms with E-state index in [0.717, 1.165) is 31.6 Å². The van der Waals surface area contributed by atoms with E-state index >= 15 is 0 Å². The number of nitrogens with one attached hydrogen (secondary N) is 1. The number of pyridine rings is 1. The van der Waals surface area contributed by atoms with Gasteiger partial charge in [-0.25, -0.2) is 0 Å². The molecule has 17 heavy (non-hydrogen) atoms. The summed E-state index contributed by atoms with van der Waals surface area (Å²) in [4.78, 5) is 4.27. The van der Waals surface area contributed by atoms with Crippen LogP contribution in [0.15, 0.2) is 18.3 Å². The minimum atomic E-state index is 0.237. The molecule has 0 unspecified atom stereocenters. The first-order chi connectivity index (χ1) is 8.03. The van der Waals surface area contributed by atoms with E-state index in [0.29, 0.717) is 0 Å². The monoisotopic (exact) mass is 236 g/mol. The predicted molar refractivity (Wildman–Crippen MR) is 70.8 cm³/mol. The summed E-state index contributed by atoms with van der Waals surface area (Å²) < 4.78 is 0. The van der Waals surface area contributed by atoms with Crippen LogP contribution in [0.1, 0.15) is 37.9 Å². The van der Waals surface area contributed by atoms with Crippen molar-refractivity contribution in [2.45, 2.75) is 40.2 Å². The van der Waals surface area contributed by atoms with Crippen LogP contribution < -0.4 is 5.32 Å². The number of aliphatic hydroxyl groups is 1. The van der Waals surface area contributed by atoms with Crippen molar-refractivity contribution in [1.29, 1.82) is 0 Å². The average Bonchev–Trinajstić information content (AvgIpc) is 2.29. The van der Waals surface area contributed by atoms with E-state index in [1.807, 2.05) is 19.2 Å². The fourth-order valence-electron chi connectivity index (χ4n) is 1.79. The van der Waals surface area contributed by atoms with E-state index < -0.39 is 0 Å². The second kappa shape index (κ2) is 6.72. The molecule has 1 rings (SSSR count). The lowest BCUT2D eigenvalue weighted by atomic mass is 9.88. The van der Waals surface area contributed by atoms with Gasteiger partial charge >= 0.3 is 0 Å². The van der Waals surface area contributed by atoms with Crippen LogP contribution in [0, 0.1) is 12.3 Å². The van der Waals surface area contributed by atoms with Crippen LogP contribution >= 0.6 is 0 Å². The van der Waals surface area contributed by atoms with Crippen molar-refractivity contribution in [3.05, 3.63) is 29.6 Å². The molecule has 0 amide bonds. The van der Waals surface area contributed by atoms with Crippen LogP contribution in [0.4, 0.5) is 0 Å². The minimum absolute atomic E-state index is 0.237. The number of nitrogens with zero attached hydrogens (tertiary/aromatic N) is 1. The highest BCUT2D eigenvalue weighted by atomic mass is 16.2. The smallest absolute Gasteiger partial charge is 0.0431 e. The van der Waals surface area contributed by atoms with Gasteiger partial charge in [-0.1, -0.05) is 19.9 Å². The molecule has 0 bridgehead atoms. The van der Waals surface area contributed by atoms with Gasteiger partial charge in [0, 0.05) is 31.6 Å². The average molecular weight is 236 g/mol. The molecule has 3 nitrogen and oxygen atoms in total. The highest BCUT2D eigenvalue weighted by Crippen LogP contribution is 2.20. The molecule has 0 aliphatic heterocycles. The third-order valence-electron chi connectivity index (χ3n) is 2.92. The Morgan fingerprint density at radius 2 is 2.12 bits per heavy atom. The van der Waals surface area contributed by atoms with Gasteiger partial charge in [-0.2, -0.15) is 0 Å². The summed E-state index contributed by atoms with van der Waals surface area (Å²) in [6, 6.07) is 4.14. The zero-order chi connectivity index (χ0) is 12.7. The Kier molecular flexibility index (Phi) is 5.59. The Bertz CT molecular complexity index is 319. The summed E-state index contributed by atoms with van der Waals surface area (Å²) in [6.45, 7) is 8.54. The fourth-order valence-corrected chi connectivity index (χ4v) is 1.79. The molecule has 1 aromatic rings. The lowest BCUT2D eigenvalue weighted by molar-refractivity contribution is 0.236. The Labute approximate surface area is 104 Å². The molecule has 0 saturated heterocycles. The molecule has 0 aromatic carbocycles.